The van der Waals surface area contributed by atoms with Crippen molar-refractivity contribution in [1.82, 2.24) is 20.0 Å². The van der Waals surface area contributed by atoms with Crippen LogP contribution in [0.15, 0.2) is 30.3 Å². The van der Waals surface area contributed by atoms with Gasteiger partial charge in [-0.1, -0.05) is 11.5 Å². The Hall–Kier alpha value is -3.77. The summed E-state index contributed by atoms with van der Waals surface area (Å²) in [6.45, 7) is 5.28. The summed E-state index contributed by atoms with van der Waals surface area (Å²) in [5, 5.41) is 5.82. The van der Waals surface area contributed by atoms with Crippen LogP contribution in [0.5, 0.6) is 5.75 Å². The summed E-state index contributed by atoms with van der Waals surface area (Å²) in [5.41, 5.74) is 11.1. The summed E-state index contributed by atoms with van der Waals surface area (Å²) < 4.78 is 10.8. The van der Waals surface area contributed by atoms with E-state index in [0.29, 0.717) is 63.5 Å². The predicted molar refractivity (Wildman–Crippen MR) is 159 cm³/mol. The monoisotopic (exact) mass is 562 g/mol. The molecule has 2 aromatic carbocycles. The number of ether oxygens (including phenoxy) is 2. The number of benzene rings is 2. The fraction of sp³-hybridized carbons (Fsp3) is 0.483. The maximum atomic E-state index is 13.0. The number of rotatable bonds is 7. The lowest BCUT2D eigenvalue weighted by Gasteiger charge is -2.38. The summed E-state index contributed by atoms with van der Waals surface area (Å²) in [4.78, 5) is 44.8. The van der Waals surface area contributed by atoms with Gasteiger partial charge >= 0.3 is 6.03 Å². The summed E-state index contributed by atoms with van der Waals surface area (Å²) in [6.07, 6.45) is 2.11. The van der Waals surface area contributed by atoms with Crippen molar-refractivity contribution < 1.29 is 23.9 Å². The zero-order valence-electron chi connectivity index (χ0n) is 23.9. The van der Waals surface area contributed by atoms with Crippen LogP contribution in [-0.2, 0) is 22.5 Å². The molecule has 0 saturated carbocycles. The number of likely N-dealkylation sites (tertiary alicyclic amines) is 1. The normalized spacial score (nSPS) is 18.3. The second-order valence-corrected chi connectivity index (χ2v) is 10.9. The van der Waals surface area contributed by atoms with Gasteiger partial charge in [0.05, 0.1) is 26.9 Å². The van der Waals surface area contributed by atoms with Crippen molar-refractivity contribution in [3.63, 3.8) is 0 Å². The number of hydrogen-bond donors (Lipinski definition) is 3. The zero-order valence-corrected chi connectivity index (χ0v) is 23.9. The summed E-state index contributed by atoms with van der Waals surface area (Å²) >= 11 is 0. The van der Waals surface area contributed by atoms with E-state index in [1.807, 2.05) is 37.0 Å². The van der Waals surface area contributed by atoms with Gasteiger partial charge in [0.1, 0.15) is 13.6 Å². The number of carbonyl (C=O) groups is 3. The third-order valence-electron chi connectivity index (χ3n) is 8.33. The molecule has 3 aliphatic rings. The molecule has 2 aromatic rings. The van der Waals surface area contributed by atoms with Crippen LogP contribution in [-0.4, -0.2) is 106 Å². The second kappa shape index (κ2) is 12.8. The number of anilines is 2. The summed E-state index contributed by atoms with van der Waals surface area (Å²) in [7, 11) is 3.52. The SMILES string of the molecule is Bc1cc(C(=O)NCC(=O)N2CCC(N3CCc4cc(OC)ccc4NC3=O)CC2)cc(CN2CCOCC2)c1N. The molecule has 5 rings (SSSR count). The molecule has 218 valence electrons. The average Bonchev–Trinajstić information content (AvgIpc) is 3.16. The standard InChI is InChI=1S/C29H39BN6O5/c1-40-23-2-3-25-19(15-23)4-9-36(29(39)33-25)22-5-7-35(8-6-22)26(37)17-32-28(38)20-14-21(27(31)24(30)16-20)18-34-10-12-41-13-11-34/h2-3,14-16,22H,4-13,17-18,30-31H2,1H3,(H,32,38)(H,33,39). The molecule has 12 heteroatoms. The molecular weight excluding hydrogens is 523 g/mol. The Morgan fingerprint density at radius 1 is 1.12 bits per heavy atom. The van der Waals surface area contributed by atoms with Crippen molar-refractivity contribution in [2.75, 3.05) is 70.6 Å². The fourth-order valence-corrected chi connectivity index (χ4v) is 5.83. The molecule has 41 heavy (non-hydrogen) atoms. The molecule has 0 aliphatic carbocycles. The molecule has 2 saturated heterocycles. The van der Waals surface area contributed by atoms with Crippen LogP contribution in [0.2, 0.25) is 0 Å². The zero-order chi connectivity index (χ0) is 28.9. The van der Waals surface area contributed by atoms with E-state index in [1.54, 1.807) is 18.1 Å². The summed E-state index contributed by atoms with van der Waals surface area (Å²) in [6, 6.07) is 9.21. The molecule has 4 amide bonds. The highest BCUT2D eigenvalue weighted by molar-refractivity contribution is 6.36. The van der Waals surface area contributed by atoms with Gasteiger partial charge in [0.15, 0.2) is 0 Å². The van der Waals surface area contributed by atoms with E-state index in [9.17, 15) is 14.4 Å². The molecule has 0 spiro atoms. The number of morpholine rings is 1. The van der Waals surface area contributed by atoms with E-state index in [0.717, 1.165) is 47.5 Å². The molecule has 4 N–H and O–H groups in total. The number of nitrogens with two attached hydrogens (primary N) is 1. The molecular formula is C29H39BN6O5. The Bertz CT molecular complexity index is 1290. The third kappa shape index (κ3) is 6.76. The molecule has 11 nitrogen and oxygen atoms in total. The van der Waals surface area contributed by atoms with Gasteiger partial charge in [0.25, 0.3) is 5.91 Å². The highest BCUT2D eigenvalue weighted by Gasteiger charge is 2.31. The smallest absolute Gasteiger partial charge is 0.322 e. The number of nitrogens with zero attached hydrogens (tertiary/aromatic N) is 3. The molecule has 0 bridgehead atoms. The number of urea groups is 1. The van der Waals surface area contributed by atoms with Gasteiger partial charge in [-0.05, 0) is 54.7 Å². The quantitative estimate of drug-likeness (QED) is 0.324. The van der Waals surface area contributed by atoms with E-state index in [2.05, 4.69) is 15.5 Å². The number of carbonyl (C=O) groups excluding carboxylic acids is 3. The lowest BCUT2D eigenvalue weighted by Crippen LogP contribution is -2.51. The maximum Gasteiger partial charge on any atom is 0.322 e. The number of amides is 4. The topological polar surface area (TPSA) is 129 Å². The first-order valence-electron chi connectivity index (χ1n) is 14.3. The molecule has 0 aromatic heterocycles. The van der Waals surface area contributed by atoms with Crippen LogP contribution in [0.4, 0.5) is 16.2 Å². The number of methoxy groups -OCH3 is 1. The number of nitrogens with one attached hydrogen (secondary N) is 2. The van der Waals surface area contributed by atoms with Crippen LogP contribution in [0.25, 0.3) is 0 Å². The van der Waals surface area contributed by atoms with E-state index in [4.69, 9.17) is 15.2 Å². The van der Waals surface area contributed by atoms with Gasteiger partial charge in [0, 0.05) is 62.2 Å². The molecule has 0 atom stereocenters. The van der Waals surface area contributed by atoms with Gasteiger partial charge in [-0.25, -0.2) is 4.79 Å². The number of piperidine rings is 1. The van der Waals surface area contributed by atoms with Gasteiger partial charge in [0.2, 0.25) is 5.91 Å². The Morgan fingerprint density at radius 3 is 2.61 bits per heavy atom. The van der Waals surface area contributed by atoms with Crippen LogP contribution >= 0.6 is 0 Å². The predicted octanol–water partition coefficient (Wildman–Crippen LogP) is 0.179. The third-order valence-corrected chi connectivity index (χ3v) is 8.33. The second-order valence-electron chi connectivity index (χ2n) is 10.9. The first-order chi connectivity index (χ1) is 19.8. The van der Waals surface area contributed by atoms with Gasteiger partial charge < -0.3 is 35.6 Å². The minimum absolute atomic E-state index is 0.0486. The van der Waals surface area contributed by atoms with Crippen molar-refractivity contribution >= 4 is 42.5 Å². The Morgan fingerprint density at radius 2 is 1.88 bits per heavy atom. The minimum Gasteiger partial charge on any atom is -0.497 e. The van der Waals surface area contributed by atoms with Gasteiger partial charge in [-0.3, -0.25) is 14.5 Å². The molecule has 2 fully saturated rings. The van der Waals surface area contributed by atoms with Gasteiger partial charge in [-0.15, -0.1) is 0 Å². The van der Waals surface area contributed by atoms with E-state index < -0.39 is 0 Å². The number of nitrogen functional groups attached to an aromatic ring is 1. The molecule has 3 heterocycles. The minimum atomic E-state index is -0.294. The highest BCUT2D eigenvalue weighted by Crippen LogP contribution is 2.27. The van der Waals surface area contributed by atoms with Crippen LogP contribution in [0, 0.1) is 0 Å². The average molecular weight is 562 g/mol. The van der Waals surface area contributed by atoms with Crippen molar-refractivity contribution in [3.05, 3.63) is 47.0 Å². The summed E-state index contributed by atoms with van der Waals surface area (Å²) in [5.74, 6) is 0.347. The molecule has 0 unspecified atom stereocenters. The maximum absolute atomic E-state index is 13.0. The number of fused-ring (bicyclic) bond motifs is 1. The van der Waals surface area contributed by atoms with Gasteiger partial charge in [-0.2, -0.15) is 0 Å². The first kappa shape index (κ1) is 28.8. The lowest BCUT2D eigenvalue weighted by atomic mass is 9.89. The van der Waals surface area contributed by atoms with E-state index in [-0.39, 0.29) is 30.4 Å². The highest BCUT2D eigenvalue weighted by atomic mass is 16.5. The van der Waals surface area contributed by atoms with Crippen molar-refractivity contribution in [3.8, 4) is 5.75 Å². The number of hydrogen-bond acceptors (Lipinski definition) is 7. The largest absolute Gasteiger partial charge is 0.497 e. The van der Waals surface area contributed by atoms with Crippen LogP contribution in [0.1, 0.15) is 34.3 Å². The molecule has 3 aliphatic heterocycles. The lowest BCUT2D eigenvalue weighted by molar-refractivity contribution is -0.131. The van der Waals surface area contributed by atoms with Crippen molar-refractivity contribution in [2.45, 2.75) is 31.8 Å². The van der Waals surface area contributed by atoms with E-state index in [1.165, 1.54) is 0 Å². The van der Waals surface area contributed by atoms with E-state index >= 15 is 0 Å². The Kier molecular flexibility index (Phi) is 8.99. The Balaban J connectivity index is 1.12. The fourth-order valence-electron chi connectivity index (χ4n) is 5.83. The van der Waals surface area contributed by atoms with Crippen molar-refractivity contribution in [2.24, 2.45) is 0 Å². The first-order valence-corrected chi connectivity index (χ1v) is 14.3. The molecule has 0 radical (unpaired) electrons. The van der Waals surface area contributed by atoms with Crippen LogP contribution in [0.3, 0.4) is 0 Å². The Labute approximate surface area is 241 Å². The van der Waals surface area contributed by atoms with Crippen molar-refractivity contribution in [1.29, 1.82) is 0 Å². The van der Waals surface area contributed by atoms with Crippen LogP contribution < -0.4 is 26.6 Å².